The second kappa shape index (κ2) is 5.45. The van der Waals surface area contributed by atoms with Crippen molar-refractivity contribution in [3.8, 4) is 0 Å². The average molecular weight is 254 g/mol. The molecule has 3 rings (SSSR count). The van der Waals surface area contributed by atoms with Gasteiger partial charge in [0.1, 0.15) is 6.33 Å². The topological polar surface area (TPSA) is 41.9 Å². The van der Waals surface area contributed by atoms with Crippen LogP contribution in [0.1, 0.15) is 35.8 Å². The zero-order chi connectivity index (χ0) is 13.1. The second-order valence-corrected chi connectivity index (χ2v) is 5.07. The summed E-state index contributed by atoms with van der Waals surface area (Å²) in [6, 6.07) is 6.61. The van der Waals surface area contributed by atoms with Gasteiger partial charge in [-0.15, -0.1) is 0 Å². The maximum Gasteiger partial charge on any atom is 0.115 e. The molecular formula is C15H18N4. The van der Waals surface area contributed by atoms with Crippen molar-refractivity contribution >= 4 is 0 Å². The van der Waals surface area contributed by atoms with E-state index in [-0.39, 0.29) is 0 Å². The lowest BCUT2D eigenvalue weighted by Crippen LogP contribution is -2.28. The van der Waals surface area contributed by atoms with E-state index in [1.165, 1.54) is 24.1 Å². The van der Waals surface area contributed by atoms with E-state index in [0.29, 0.717) is 6.04 Å². The van der Waals surface area contributed by atoms with Crippen LogP contribution in [0.5, 0.6) is 0 Å². The van der Waals surface area contributed by atoms with Crippen LogP contribution in [-0.4, -0.2) is 26.9 Å². The first-order chi connectivity index (χ1) is 9.34. The summed E-state index contributed by atoms with van der Waals surface area (Å²) in [6.45, 7) is 0.837. The Morgan fingerprint density at radius 3 is 3.05 bits per heavy atom. The van der Waals surface area contributed by atoms with Crippen LogP contribution < -0.4 is 0 Å². The van der Waals surface area contributed by atoms with Crippen LogP contribution in [0.3, 0.4) is 0 Å². The standard InChI is InChI=1S/C15H18N4/c1-19(10-13-7-9-16-11-18-13)14-6-2-4-12-5-3-8-17-15(12)14/h3,5,7-9,11,14H,2,4,6,10H2,1H3. The zero-order valence-corrected chi connectivity index (χ0v) is 11.2. The van der Waals surface area contributed by atoms with Gasteiger partial charge in [0.05, 0.1) is 17.4 Å². The molecule has 4 heteroatoms. The SMILES string of the molecule is CN(Cc1ccncn1)C1CCCc2cccnc21. The Morgan fingerprint density at radius 1 is 1.26 bits per heavy atom. The van der Waals surface area contributed by atoms with Gasteiger partial charge in [0.25, 0.3) is 0 Å². The van der Waals surface area contributed by atoms with Crippen molar-refractivity contribution in [3.05, 3.63) is 53.9 Å². The summed E-state index contributed by atoms with van der Waals surface area (Å²) in [5.74, 6) is 0. The molecule has 19 heavy (non-hydrogen) atoms. The van der Waals surface area contributed by atoms with E-state index in [2.05, 4.69) is 33.0 Å². The van der Waals surface area contributed by atoms with Crippen LogP contribution in [0.2, 0.25) is 0 Å². The molecule has 0 amide bonds. The zero-order valence-electron chi connectivity index (χ0n) is 11.2. The fraction of sp³-hybridized carbons (Fsp3) is 0.400. The normalized spacial score (nSPS) is 18.3. The summed E-state index contributed by atoms with van der Waals surface area (Å²) in [6.07, 6.45) is 8.86. The molecule has 0 saturated heterocycles. The molecular weight excluding hydrogens is 236 g/mol. The summed E-state index contributed by atoms with van der Waals surface area (Å²) < 4.78 is 0. The fourth-order valence-corrected chi connectivity index (χ4v) is 2.79. The molecule has 0 fully saturated rings. The maximum absolute atomic E-state index is 4.59. The van der Waals surface area contributed by atoms with Gasteiger partial charge in [-0.1, -0.05) is 6.07 Å². The molecule has 0 bridgehead atoms. The molecule has 98 valence electrons. The molecule has 4 nitrogen and oxygen atoms in total. The van der Waals surface area contributed by atoms with Crippen LogP contribution in [0.15, 0.2) is 36.9 Å². The lowest BCUT2D eigenvalue weighted by molar-refractivity contribution is 0.206. The Balaban J connectivity index is 1.80. The van der Waals surface area contributed by atoms with Crippen LogP contribution in [0.4, 0.5) is 0 Å². The highest BCUT2D eigenvalue weighted by molar-refractivity contribution is 5.25. The number of fused-ring (bicyclic) bond motifs is 1. The van der Waals surface area contributed by atoms with Gasteiger partial charge >= 0.3 is 0 Å². The van der Waals surface area contributed by atoms with Crippen LogP contribution in [0, 0.1) is 0 Å². The molecule has 0 spiro atoms. The van der Waals surface area contributed by atoms with Crippen molar-refractivity contribution in [3.63, 3.8) is 0 Å². The fourth-order valence-electron chi connectivity index (χ4n) is 2.79. The van der Waals surface area contributed by atoms with Crippen molar-refractivity contribution in [2.75, 3.05) is 7.05 Å². The van der Waals surface area contributed by atoms with Crippen molar-refractivity contribution in [1.82, 2.24) is 19.9 Å². The van der Waals surface area contributed by atoms with Crippen molar-refractivity contribution < 1.29 is 0 Å². The van der Waals surface area contributed by atoms with E-state index in [9.17, 15) is 0 Å². The van der Waals surface area contributed by atoms with E-state index in [1.54, 1.807) is 12.5 Å². The molecule has 0 N–H and O–H groups in total. The highest BCUT2D eigenvalue weighted by Crippen LogP contribution is 2.32. The molecule has 2 heterocycles. The van der Waals surface area contributed by atoms with E-state index >= 15 is 0 Å². The van der Waals surface area contributed by atoms with Gasteiger partial charge < -0.3 is 0 Å². The maximum atomic E-state index is 4.59. The van der Waals surface area contributed by atoms with Crippen molar-refractivity contribution in [2.24, 2.45) is 0 Å². The van der Waals surface area contributed by atoms with Gasteiger partial charge in [0.2, 0.25) is 0 Å². The first kappa shape index (κ1) is 12.2. The molecule has 0 saturated carbocycles. The number of hydrogen-bond donors (Lipinski definition) is 0. The molecule has 0 aliphatic heterocycles. The molecule has 2 aromatic rings. The molecule has 1 aliphatic carbocycles. The largest absolute Gasteiger partial charge is 0.292 e. The second-order valence-electron chi connectivity index (χ2n) is 5.07. The minimum atomic E-state index is 0.403. The van der Waals surface area contributed by atoms with Crippen LogP contribution in [0.25, 0.3) is 0 Å². The lowest BCUT2D eigenvalue weighted by atomic mass is 9.91. The number of aromatic nitrogens is 3. The number of hydrogen-bond acceptors (Lipinski definition) is 4. The predicted molar refractivity (Wildman–Crippen MR) is 73.4 cm³/mol. The Hall–Kier alpha value is -1.81. The van der Waals surface area contributed by atoms with E-state index in [0.717, 1.165) is 18.7 Å². The number of rotatable bonds is 3. The lowest BCUT2D eigenvalue weighted by Gasteiger charge is -2.31. The first-order valence-electron chi connectivity index (χ1n) is 6.73. The Bertz CT molecular complexity index is 541. The van der Waals surface area contributed by atoms with Crippen molar-refractivity contribution in [2.45, 2.75) is 31.8 Å². The highest BCUT2D eigenvalue weighted by Gasteiger charge is 2.24. The van der Waals surface area contributed by atoms with Crippen LogP contribution in [-0.2, 0) is 13.0 Å². The van der Waals surface area contributed by atoms with Gasteiger partial charge in [0.15, 0.2) is 0 Å². The van der Waals surface area contributed by atoms with E-state index in [1.807, 2.05) is 18.3 Å². The number of aryl methyl sites for hydroxylation is 1. The Labute approximate surface area is 113 Å². The third kappa shape index (κ3) is 2.63. The molecule has 0 aromatic carbocycles. The quantitative estimate of drug-likeness (QED) is 0.843. The summed E-state index contributed by atoms with van der Waals surface area (Å²) >= 11 is 0. The summed E-state index contributed by atoms with van der Waals surface area (Å²) in [5, 5.41) is 0. The van der Waals surface area contributed by atoms with E-state index in [4.69, 9.17) is 0 Å². The summed E-state index contributed by atoms with van der Waals surface area (Å²) in [5.41, 5.74) is 3.69. The smallest absolute Gasteiger partial charge is 0.115 e. The van der Waals surface area contributed by atoms with Gasteiger partial charge in [0, 0.05) is 18.9 Å². The third-order valence-corrected chi connectivity index (χ3v) is 3.75. The molecule has 1 aliphatic rings. The molecule has 1 atom stereocenters. The monoisotopic (exact) mass is 254 g/mol. The van der Waals surface area contributed by atoms with E-state index < -0.39 is 0 Å². The van der Waals surface area contributed by atoms with Gasteiger partial charge in [-0.3, -0.25) is 9.88 Å². The first-order valence-corrected chi connectivity index (χ1v) is 6.73. The number of pyridine rings is 1. The minimum absolute atomic E-state index is 0.403. The Kier molecular flexibility index (Phi) is 3.51. The number of nitrogens with zero attached hydrogens (tertiary/aromatic N) is 4. The van der Waals surface area contributed by atoms with Crippen LogP contribution >= 0.6 is 0 Å². The summed E-state index contributed by atoms with van der Waals surface area (Å²) in [7, 11) is 2.15. The molecule has 1 unspecified atom stereocenters. The molecule has 0 radical (unpaired) electrons. The van der Waals surface area contributed by atoms with Gasteiger partial charge in [-0.05, 0) is 44.0 Å². The average Bonchev–Trinajstić information content (AvgIpc) is 2.47. The predicted octanol–water partition coefficient (Wildman–Crippen LogP) is 2.38. The third-order valence-electron chi connectivity index (χ3n) is 3.75. The summed E-state index contributed by atoms with van der Waals surface area (Å²) in [4.78, 5) is 15.2. The van der Waals surface area contributed by atoms with Gasteiger partial charge in [-0.2, -0.15) is 0 Å². The highest BCUT2D eigenvalue weighted by atomic mass is 15.1. The Morgan fingerprint density at radius 2 is 2.21 bits per heavy atom. The minimum Gasteiger partial charge on any atom is -0.292 e. The van der Waals surface area contributed by atoms with Crippen molar-refractivity contribution in [1.29, 1.82) is 0 Å². The molecule has 2 aromatic heterocycles. The van der Waals surface area contributed by atoms with Gasteiger partial charge in [-0.25, -0.2) is 9.97 Å².